The van der Waals surface area contributed by atoms with Crippen molar-refractivity contribution in [3.8, 4) is 5.75 Å². The number of aromatic hydroxyl groups is 1. The van der Waals surface area contributed by atoms with Crippen LogP contribution < -0.4 is 0 Å². The van der Waals surface area contributed by atoms with Crippen LogP contribution in [-0.4, -0.2) is 27.3 Å². The molecule has 2 rings (SSSR count). The third-order valence-electron chi connectivity index (χ3n) is 3.65. The number of phenols is 1. The molecule has 0 saturated heterocycles. The maximum Gasteiger partial charge on any atom is 0.335 e. The van der Waals surface area contributed by atoms with E-state index in [-0.39, 0.29) is 11.1 Å². The molecule has 26 heavy (non-hydrogen) atoms. The van der Waals surface area contributed by atoms with Crippen LogP contribution in [0.3, 0.4) is 0 Å². The first-order valence-electron chi connectivity index (χ1n) is 8.35. The molecule has 5 heteroatoms. The number of allylic oxidation sites excluding steroid dienone is 2. The highest BCUT2D eigenvalue weighted by molar-refractivity contribution is 5.94. The van der Waals surface area contributed by atoms with E-state index in [2.05, 4.69) is 19.1 Å². The van der Waals surface area contributed by atoms with Crippen molar-refractivity contribution < 1.29 is 24.9 Å². The molecule has 0 aliphatic carbocycles. The smallest absolute Gasteiger partial charge is 0.335 e. The zero-order chi connectivity index (χ0) is 19.5. The number of aromatic carboxylic acids is 2. The van der Waals surface area contributed by atoms with Gasteiger partial charge in [0, 0.05) is 0 Å². The quantitative estimate of drug-likeness (QED) is 0.653. The van der Waals surface area contributed by atoms with E-state index < -0.39 is 11.9 Å². The second-order valence-corrected chi connectivity index (χ2v) is 5.72. The summed E-state index contributed by atoms with van der Waals surface area (Å²) in [7, 11) is 0. The standard InChI is InChI=1S/C12H16O.C9H8O4/c1-2-3-4-5-6-11-7-9-12(13)10-8-11;1-5-2-3-6(8(10)11)4-7(5)9(12)13/h3-4,7-10,13H,2,5-6H2,1H3;2-4H,1H3,(H,10,11)(H,12,13). The van der Waals surface area contributed by atoms with E-state index in [1.165, 1.54) is 17.7 Å². The summed E-state index contributed by atoms with van der Waals surface area (Å²) in [6.07, 6.45) is 7.62. The van der Waals surface area contributed by atoms with Gasteiger partial charge in [-0.15, -0.1) is 0 Å². The molecule has 0 amide bonds. The molecule has 0 aliphatic rings. The summed E-state index contributed by atoms with van der Waals surface area (Å²) in [6, 6.07) is 11.4. The van der Waals surface area contributed by atoms with Gasteiger partial charge in [0.2, 0.25) is 0 Å². The summed E-state index contributed by atoms with van der Waals surface area (Å²) in [6.45, 7) is 3.76. The molecule has 2 aromatic carbocycles. The molecule has 0 bridgehead atoms. The van der Waals surface area contributed by atoms with Crippen molar-refractivity contribution >= 4 is 11.9 Å². The van der Waals surface area contributed by atoms with Gasteiger partial charge in [-0.2, -0.15) is 0 Å². The number of hydrogen-bond acceptors (Lipinski definition) is 3. The van der Waals surface area contributed by atoms with Crippen LogP contribution in [0.25, 0.3) is 0 Å². The van der Waals surface area contributed by atoms with E-state index in [1.54, 1.807) is 19.1 Å². The monoisotopic (exact) mass is 356 g/mol. The van der Waals surface area contributed by atoms with E-state index in [1.807, 2.05) is 12.1 Å². The highest BCUT2D eigenvalue weighted by Gasteiger charge is 2.10. The Bertz CT molecular complexity index is 760. The molecule has 3 N–H and O–H groups in total. The minimum absolute atomic E-state index is 0.0111. The average Bonchev–Trinajstić information content (AvgIpc) is 2.61. The molecule has 0 aromatic heterocycles. The normalized spacial score (nSPS) is 10.2. The van der Waals surface area contributed by atoms with Crippen LogP contribution in [0, 0.1) is 6.92 Å². The molecule has 0 aliphatic heterocycles. The third kappa shape index (κ3) is 7.21. The first-order chi connectivity index (χ1) is 12.3. The van der Waals surface area contributed by atoms with Crippen LogP contribution in [0.15, 0.2) is 54.6 Å². The van der Waals surface area contributed by atoms with E-state index in [0.717, 1.165) is 25.3 Å². The molecule has 0 unspecified atom stereocenters. The number of aryl methyl sites for hydroxylation is 2. The summed E-state index contributed by atoms with van der Waals surface area (Å²) in [5.41, 5.74) is 1.85. The van der Waals surface area contributed by atoms with Crippen molar-refractivity contribution in [3.05, 3.63) is 76.9 Å². The molecule has 0 atom stereocenters. The van der Waals surface area contributed by atoms with E-state index in [9.17, 15) is 9.59 Å². The Hall–Kier alpha value is -3.08. The summed E-state index contributed by atoms with van der Waals surface area (Å²) >= 11 is 0. The summed E-state index contributed by atoms with van der Waals surface area (Å²) in [4.78, 5) is 21.1. The Labute approximate surface area is 153 Å². The Morgan fingerprint density at radius 3 is 2.15 bits per heavy atom. The van der Waals surface area contributed by atoms with Gasteiger partial charge >= 0.3 is 11.9 Å². The fraction of sp³-hybridized carbons (Fsp3) is 0.238. The maximum atomic E-state index is 10.6. The van der Waals surface area contributed by atoms with Gasteiger partial charge in [0.1, 0.15) is 5.75 Å². The molecule has 0 heterocycles. The number of rotatable bonds is 6. The number of hydrogen-bond donors (Lipinski definition) is 3. The van der Waals surface area contributed by atoms with Crippen LogP contribution >= 0.6 is 0 Å². The second kappa shape index (κ2) is 10.7. The molecule has 138 valence electrons. The van der Waals surface area contributed by atoms with E-state index in [0.29, 0.717) is 11.3 Å². The van der Waals surface area contributed by atoms with Crippen LogP contribution in [0.2, 0.25) is 0 Å². The lowest BCUT2D eigenvalue weighted by Gasteiger charge is -2.01. The van der Waals surface area contributed by atoms with Gasteiger partial charge in [0.05, 0.1) is 11.1 Å². The van der Waals surface area contributed by atoms with Crippen molar-refractivity contribution in [2.45, 2.75) is 33.1 Å². The SMILES string of the molecule is CCC=CCCc1ccc(O)cc1.Cc1ccc(C(=O)O)cc1C(=O)O. The molecule has 0 spiro atoms. The fourth-order valence-corrected chi connectivity index (χ4v) is 2.18. The molecule has 0 fully saturated rings. The van der Waals surface area contributed by atoms with Crippen LogP contribution in [0.5, 0.6) is 5.75 Å². The van der Waals surface area contributed by atoms with Crippen LogP contribution in [0.1, 0.15) is 51.6 Å². The van der Waals surface area contributed by atoms with Gasteiger partial charge < -0.3 is 15.3 Å². The van der Waals surface area contributed by atoms with Crippen molar-refractivity contribution in [1.82, 2.24) is 0 Å². The van der Waals surface area contributed by atoms with Crippen molar-refractivity contribution in [1.29, 1.82) is 0 Å². The van der Waals surface area contributed by atoms with Gasteiger partial charge in [-0.3, -0.25) is 0 Å². The molecule has 5 nitrogen and oxygen atoms in total. The minimum atomic E-state index is -1.12. The van der Waals surface area contributed by atoms with E-state index >= 15 is 0 Å². The molecular formula is C21H24O5. The number of carbonyl (C=O) groups is 2. The maximum absolute atomic E-state index is 10.6. The van der Waals surface area contributed by atoms with Crippen molar-refractivity contribution in [2.24, 2.45) is 0 Å². The summed E-state index contributed by atoms with van der Waals surface area (Å²) in [5.74, 6) is -1.89. The Morgan fingerprint density at radius 1 is 0.962 bits per heavy atom. The van der Waals surface area contributed by atoms with Crippen LogP contribution in [-0.2, 0) is 6.42 Å². The molecular weight excluding hydrogens is 332 g/mol. The largest absolute Gasteiger partial charge is 0.508 e. The lowest BCUT2D eigenvalue weighted by atomic mass is 10.1. The Kier molecular flexibility index (Phi) is 8.64. The first-order valence-corrected chi connectivity index (χ1v) is 8.35. The Balaban J connectivity index is 0.000000260. The predicted molar refractivity (Wildman–Crippen MR) is 101 cm³/mol. The number of carboxylic acids is 2. The van der Waals surface area contributed by atoms with Gasteiger partial charge in [-0.25, -0.2) is 9.59 Å². The highest BCUT2D eigenvalue weighted by Crippen LogP contribution is 2.12. The fourth-order valence-electron chi connectivity index (χ4n) is 2.18. The zero-order valence-corrected chi connectivity index (χ0v) is 15.0. The second-order valence-electron chi connectivity index (χ2n) is 5.72. The number of carboxylic acid groups (broad SMARTS) is 2. The topological polar surface area (TPSA) is 94.8 Å². The van der Waals surface area contributed by atoms with Gasteiger partial charge in [0.15, 0.2) is 0 Å². The highest BCUT2D eigenvalue weighted by atomic mass is 16.4. The Morgan fingerprint density at radius 2 is 1.62 bits per heavy atom. The lowest BCUT2D eigenvalue weighted by Crippen LogP contribution is -2.03. The number of benzene rings is 2. The van der Waals surface area contributed by atoms with Crippen molar-refractivity contribution in [2.75, 3.05) is 0 Å². The molecule has 2 aromatic rings. The van der Waals surface area contributed by atoms with Gasteiger partial charge in [0.25, 0.3) is 0 Å². The summed E-state index contributed by atoms with van der Waals surface area (Å²) < 4.78 is 0. The zero-order valence-electron chi connectivity index (χ0n) is 15.0. The van der Waals surface area contributed by atoms with Crippen molar-refractivity contribution in [3.63, 3.8) is 0 Å². The third-order valence-corrected chi connectivity index (χ3v) is 3.65. The van der Waals surface area contributed by atoms with Crippen LogP contribution in [0.4, 0.5) is 0 Å². The minimum Gasteiger partial charge on any atom is -0.508 e. The number of phenolic OH excluding ortho intramolecular Hbond substituents is 1. The lowest BCUT2D eigenvalue weighted by molar-refractivity contribution is 0.0695. The average molecular weight is 356 g/mol. The summed E-state index contributed by atoms with van der Waals surface area (Å²) in [5, 5.41) is 26.3. The predicted octanol–water partition coefficient (Wildman–Crippen LogP) is 4.68. The first kappa shape index (κ1) is 21.0. The van der Waals surface area contributed by atoms with Gasteiger partial charge in [-0.1, -0.05) is 37.3 Å². The van der Waals surface area contributed by atoms with Gasteiger partial charge in [-0.05, 0) is 61.6 Å². The molecule has 0 radical (unpaired) electrons. The van der Waals surface area contributed by atoms with E-state index in [4.69, 9.17) is 15.3 Å². The molecule has 0 saturated carbocycles.